The molecule has 0 fully saturated rings. The third-order valence-corrected chi connectivity index (χ3v) is 4.50. The van der Waals surface area contributed by atoms with E-state index in [1.807, 2.05) is 11.3 Å². The Bertz CT molecular complexity index is 592. The van der Waals surface area contributed by atoms with Crippen LogP contribution in [0.1, 0.15) is 22.0 Å². The van der Waals surface area contributed by atoms with Gasteiger partial charge in [-0.05, 0) is 29.0 Å². The summed E-state index contributed by atoms with van der Waals surface area (Å²) in [5, 5.41) is 5.84. The van der Waals surface area contributed by atoms with Crippen LogP contribution in [0.3, 0.4) is 0 Å². The molecule has 0 aliphatic rings. The predicted molar refractivity (Wildman–Crippen MR) is 90.8 cm³/mol. The summed E-state index contributed by atoms with van der Waals surface area (Å²) in [6.45, 7) is 0.981. The second-order valence-electron chi connectivity index (χ2n) is 5.04. The zero-order valence-corrected chi connectivity index (χ0v) is 12.7. The van der Waals surface area contributed by atoms with Crippen molar-refractivity contribution in [2.24, 2.45) is 0 Å². The normalized spacial score (nSPS) is 10.9. The molecule has 0 aliphatic heterocycles. The average Bonchev–Trinajstić information content (AvgIpc) is 3.07. The maximum absolute atomic E-state index is 3.70. The highest BCUT2D eigenvalue weighted by atomic mass is 32.1. The van der Waals surface area contributed by atoms with Crippen molar-refractivity contribution in [2.45, 2.75) is 12.5 Å². The summed E-state index contributed by atoms with van der Waals surface area (Å²) < 4.78 is 0. The van der Waals surface area contributed by atoms with Gasteiger partial charge in [0.05, 0.1) is 6.04 Å². The summed E-state index contributed by atoms with van der Waals surface area (Å²) in [5.41, 5.74) is 2.63. The first kappa shape index (κ1) is 14.1. The maximum atomic E-state index is 3.70. The van der Waals surface area contributed by atoms with Gasteiger partial charge >= 0.3 is 0 Å². The summed E-state index contributed by atoms with van der Waals surface area (Å²) in [7, 11) is 0. The van der Waals surface area contributed by atoms with E-state index in [4.69, 9.17) is 0 Å². The molecule has 0 aliphatic carbocycles. The first-order valence-electron chi connectivity index (χ1n) is 7.29. The Hall–Kier alpha value is -1.90. The third kappa shape index (κ3) is 3.81. The topological polar surface area (TPSA) is 12.0 Å². The van der Waals surface area contributed by atoms with Crippen LogP contribution in [-0.4, -0.2) is 6.54 Å². The maximum Gasteiger partial charge on any atom is 0.0576 e. The number of hydrogen-bond acceptors (Lipinski definition) is 2. The van der Waals surface area contributed by atoms with Crippen LogP contribution in [0, 0.1) is 0 Å². The molecule has 21 heavy (non-hydrogen) atoms. The molecule has 1 nitrogen and oxygen atoms in total. The average molecular weight is 293 g/mol. The summed E-state index contributed by atoms with van der Waals surface area (Å²) in [6.07, 6.45) is 1.08. The molecule has 0 unspecified atom stereocenters. The van der Waals surface area contributed by atoms with Crippen LogP contribution >= 0.6 is 11.3 Å². The van der Waals surface area contributed by atoms with E-state index in [1.165, 1.54) is 16.0 Å². The van der Waals surface area contributed by atoms with Crippen molar-refractivity contribution in [1.29, 1.82) is 0 Å². The highest BCUT2D eigenvalue weighted by Crippen LogP contribution is 2.21. The van der Waals surface area contributed by atoms with Crippen LogP contribution in [0.15, 0.2) is 78.2 Å². The van der Waals surface area contributed by atoms with Gasteiger partial charge in [-0.15, -0.1) is 11.3 Å². The molecule has 0 radical (unpaired) electrons. The molecule has 1 N–H and O–H groups in total. The van der Waals surface area contributed by atoms with Crippen LogP contribution < -0.4 is 5.32 Å². The van der Waals surface area contributed by atoms with Crippen molar-refractivity contribution in [2.75, 3.05) is 6.54 Å². The molecule has 1 heterocycles. The fraction of sp³-hybridized carbons (Fsp3) is 0.158. The highest BCUT2D eigenvalue weighted by Gasteiger charge is 2.12. The minimum absolute atomic E-state index is 0.257. The number of hydrogen-bond donors (Lipinski definition) is 1. The Morgan fingerprint density at radius 3 is 1.90 bits per heavy atom. The Labute approximate surface area is 130 Å². The summed E-state index contributed by atoms with van der Waals surface area (Å²) in [5.74, 6) is 0. The van der Waals surface area contributed by atoms with Gasteiger partial charge in [0, 0.05) is 11.4 Å². The summed E-state index contributed by atoms with van der Waals surface area (Å²) in [6, 6.07) is 25.9. The van der Waals surface area contributed by atoms with Crippen molar-refractivity contribution in [1.82, 2.24) is 5.32 Å². The number of rotatable bonds is 6. The van der Waals surface area contributed by atoms with Gasteiger partial charge in [-0.2, -0.15) is 0 Å². The standard InChI is InChI=1S/C19H19NS/c1-3-8-16(9-4-1)19(17-10-5-2-6-11-17)20-14-13-18-12-7-15-21-18/h1-12,15,19-20H,13-14H2. The first-order valence-corrected chi connectivity index (χ1v) is 8.17. The molecule has 0 atom stereocenters. The minimum atomic E-state index is 0.257. The SMILES string of the molecule is c1ccc(C(NCCc2cccs2)c2ccccc2)cc1. The quantitative estimate of drug-likeness (QED) is 0.696. The van der Waals surface area contributed by atoms with E-state index in [0.717, 1.165) is 13.0 Å². The van der Waals surface area contributed by atoms with Gasteiger partial charge in [0.25, 0.3) is 0 Å². The van der Waals surface area contributed by atoms with Gasteiger partial charge in [-0.1, -0.05) is 66.7 Å². The molecule has 3 aromatic rings. The summed E-state index contributed by atoms with van der Waals surface area (Å²) in [4.78, 5) is 1.43. The molecule has 0 bridgehead atoms. The second kappa shape index (κ2) is 7.21. The molecule has 2 aromatic carbocycles. The fourth-order valence-corrected chi connectivity index (χ4v) is 3.22. The van der Waals surface area contributed by atoms with Crippen LogP contribution in [0.2, 0.25) is 0 Å². The monoisotopic (exact) mass is 293 g/mol. The van der Waals surface area contributed by atoms with E-state index in [9.17, 15) is 0 Å². The van der Waals surface area contributed by atoms with E-state index in [0.29, 0.717) is 0 Å². The molecule has 3 rings (SSSR count). The largest absolute Gasteiger partial charge is 0.306 e. The van der Waals surface area contributed by atoms with E-state index < -0.39 is 0 Å². The van der Waals surface area contributed by atoms with Crippen LogP contribution in [-0.2, 0) is 6.42 Å². The number of nitrogens with one attached hydrogen (secondary N) is 1. The molecular formula is C19H19NS. The van der Waals surface area contributed by atoms with Gasteiger partial charge in [0.15, 0.2) is 0 Å². The zero-order chi connectivity index (χ0) is 14.3. The lowest BCUT2D eigenvalue weighted by molar-refractivity contribution is 0.608. The number of thiophene rings is 1. The second-order valence-corrected chi connectivity index (χ2v) is 6.07. The molecule has 0 spiro atoms. The van der Waals surface area contributed by atoms with Crippen LogP contribution in [0.4, 0.5) is 0 Å². The molecule has 0 saturated carbocycles. The molecule has 106 valence electrons. The van der Waals surface area contributed by atoms with Crippen molar-refractivity contribution >= 4 is 11.3 Å². The van der Waals surface area contributed by atoms with E-state index in [2.05, 4.69) is 83.5 Å². The van der Waals surface area contributed by atoms with Crippen molar-refractivity contribution in [3.63, 3.8) is 0 Å². The Morgan fingerprint density at radius 2 is 1.38 bits per heavy atom. The molecule has 2 heteroatoms. The third-order valence-electron chi connectivity index (χ3n) is 3.57. The number of benzene rings is 2. The van der Waals surface area contributed by atoms with Gasteiger partial charge in [0.2, 0.25) is 0 Å². The fourth-order valence-electron chi connectivity index (χ4n) is 2.51. The van der Waals surface area contributed by atoms with Gasteiger partial charge in [-0.3, -0.25) is 0 Å². The Balaban J connectivity index is 1.73. The van der Waals surface area contributed by atoms with E-state index >= 15 is 0 Å². The van der Waals surface area contributed by atoms with Gasteiger partial charge in [-0.25, -0.2) is 0 Å². The van der Waals surface area contributed by atoms with Crippen molar-refractivity contribution in [3.05, 3.63) is 94.2 Å². The van der Waals surface area contributed by atoms with Gasteiger partial charge in [0.1, 0.15) is 0 Å². The molecule has 1 aromatic heterocycles. The highest BCUT2D eigenvalue weighted by molar-refractivity contribution is 7.09. The lowest BCUT2D eigenvalue weighted by Crippen LogP contribution is -2.24. The van der Waals surface area contributed by atoms with Crippen molar-refractivity contribution < 1.29 is 0 Å². The Kier molecular flexibility index (Phi) is 4.82. The lowest BCUT2D eigenvalue weighted by atomic mass is 9.98. The molecular weight excluding hydrogens is 274 g/mol. The Morgan fingerprint density at radius 1 is 0.762 bits per heavy atom. The van der Waals surface area contributed by atoms with Crippen LogP contribution in [0.25, 0.3) is 0 Å². The molecule has 0 amide bonds. The summed E-state index contributed by atoms with van der Waals surface area (Å²) >= 11 is 1.83. The zero-order valence-electron chi connectivity index (χ0n) is 11.9. The predicted octanol–water partition coefficient (Wildman–Crippen LogP) is 4.67. The van der Waals surface area contributed by atoms with E-state index in [-0.39, 0.29) is 6.04 Å². The smallest absolute Gasteiger partial charge is 0.0576 e. The minimum Gasteiger partial charge on any atom is -0.306 e. The van der Waals surface area contributed by atoms with Crippen molar-refractivity contribution in [3.8, 4) is 0 Å². The lowest BCUT2D eigenvalue weighted by Gasteiger charge is -2.19. The molecule has 0 saturated heterocycles. The van der Waals surface area contributed by atoms with Gasteiger partial charge < -0.3 is 5.32 Å². The van der Waals surface area contributed by atoms with E-state index in [1.54, 1.807) is 0 Å². The first-order chi connectivity index (χ1) is 10.4. The van der Waals surface area contributed by atoms with Crippen LogP contribution in [0.5, 0.6) is 0 Å².